The van der Waals surface area contributed by atoms with Gasteiger partial charge in [0.1, 0.15) is 17.6 Å². The van der Waals surface area contributed by atoms with Crippen LogP contribution in [0.5, 0.6) is 5.75 Å². The van der Waals surface area contributed by atoms with Gasteiger partial charge >= 0.3 is 0 Å². The molecule has 8 heteroatoms. The van der Waals surface area contributed by atoms with E-state index in [1.165, 1.54) is 41.5 Å². The number of aromatic nitrogens is 1. The average molecular weight is 397 g/mol. The number of benzene rings is 2. The molecule has 28 heavy (non-hydrogen) atoms. The van der Waals surface area contributed by atoms with Crippen LogP contribution in [0.15, 0.2) is 54.0 Å². The number of halogens is 1. The van der Waals surface area contributed by atoms with Crippen LogP contribution in [0, 0.1) is 5.82 Å². The van der Waals surface area contributed by atoms with E-state index in [-0.39, 0.29) is 18.0 Å². The Kier molecular flexibility index (Phi) is 4.79. The van der Waals surface area contributed by atoms with Crippen molar-refractivity contribution in [2.24, 2.45) is 0 Å². The van der Waals surface area contributed by atoms with E-state index >= 15 is 0 Å². The molecule has 142 valence electrons. The van der Waals surface area contributed by atoms with Gasteiger partial charge in [-0.05, 0) is 29.8 Å². The van der Waals surface area contributed by atoms with Gasteiger partial charge in [-0.25, -0.2) is 9.37 Å². The maximum atomic E-state index is 14.0. The first-order valence-electron chi connectivity index (χ1n) is 8.51. The van der Waals surface area contributed by atoms with Crippen molar-refractivity contribution in [2.45, 2.75) is 12.6 Å². The Labute approximate surface area is 164 Å². The Hall–Kier alpha value is -3.26. The number of carbonyl (C=O) groups is 2. The third-order valence-electron chi connectivity index (χ3n) is 4.56. The van der Waals surface area contributed by atoms with Crippen molar-refractivity contribution in [3.63, 3.8) is 0 Å². The highest BCUT2D eigenvalue weighted by molar-refractivity contribution is 7.13. The summed E-state index contributed by atoms with van der Waals surface area (Å²) >= 11 is 1.26. The summed E-state index contributed by atoms with van der Waals surface area (Å²) in [5.74, 6) is -0.974. The van der Waals surface area contributed by atoms with Gasteiger partial charge in [-0.2, -0.15) is 0 Å². The van der Waals surface area contributed by atoms with Gasteiger partial charge in [0.25, 0.3) is 11.8 Å². The summed E-state index contributed by atoms with van der Waals surface area (Å²) in [6, 6.07) is 10.0. The number of thiazole rings is 1. The van der Waals surface area contributed by atoms with Gasteiger partial charge in [0.05, 0.1) is 7.11 Å². The van der Waals surface area contributed by atoms with Gasteiger partial charge in [-0.1, -0.05) is 18.2 Å². The Morgan fingerprint density at radius 1 is 1.32 bits per heavy atom. The number of hydrogen-bond acceptors (Lipinski definition) is 5. The standard InChI is InChI=1S/C20H16FN3O3S/c1-27-16-7-6-13(21)10-15(16)17(18(25)23-20-22-8-9-28-20)24-11-12-4-2-3-5-14(12)19(24)26/h2-10,17H,11H2,1H3,(H,22,23,25). The molecule has 0 aliphatic carbocycles. The lowest BCUT2D eigenvalue weighted by Crippen LogP contribution is -2.37. The lowest BCUT2D eigenvalue weighted by molar-refractivity contribution is -0.120. The van der Waals surface area contributed by atoms with Crippen molar-refractivity contribution in [1.82, 2.24) is 9.88 Å². The molecule has 1 atom stereocenters. The van der Waals surface area contributed by atoms with Crippen LogP contribution in [-0.2, 0) is 11.3 Å². The van der Waals surface area contributed by atoms with Gasteiger partial charge < -0.3 is 9.64 Å². The van der Waals surface area contributed by atoms with E-state index in [2.05, 4.69) is 10.3 Å². The maximum Gasteiger partial charge on any atom is 0.255 e. The van der Waals surface area contributed by atoms with Crippen molar-refractivity contribution in [2.75, 3.05) is 12.4 Å². The third kappa shape index (κ3) is 3.22. The second-order valence-electron chi connectivity index (χ2n) is 6.21. The molecule has 3 aromatic rings. The number of anilines is 1. The Morgan fingerprint density at radius 2 is 2.14 bits per heavy atom. The van der Waals surface area contributed by atoms with Gasteiger partial charge in [0, 0.05) is 29.2 Å². The van der Waals surface area contributed by atoms with Crippen LogP contribution in [0.25, 0.3) is 0 Å². The van der Waals surface area contributed by atoms with Gasteiger partial charge in [-0.3, -0.25) is 14.9 Å². The number of nitrogens with one attached hydrogen (secondary N) is 1. The first kappa shape index (κ1) is 18.1. The monoisotopic (exact) mass is 397 g/mol. The number of fused-ring (bicyclic) bond motifs is 1. The van der Waals surface area contributed by atoms with Gasteiger partial charge in [0.2, 0.25) is 0 Å². The molecule has 0 saturated carbocycles. The first-order valence-corrected chi connectivity index (χ1v) is 9.39. The second kappa shape index (κ2) is 7.40. The highest BCUT2D eigenvalue weighted by atomic mass is 32.1. The smallest absolute Gasteiger partial charge is 0.255 e. The lowest BCUT2D eigenvalue weighted by Gasteiger charge is -2.28. The zero-order valence-corrected chi connectivity index (χ0v) is 15.7. The lowest BCUT2D eigenvalue weighted by atomic mass is 10.0. The van der Waals surface area contributed by atoms with E-state index < -0.39 is 17.8 Å². The second-order valence-corrected chi connectivity index (χ2v) is 7.10. The molecule has 4 rings (SSSR count). The van der Waals surface area contributed by atoms with E-state index in [9.17, 15) is 14.0 Å². The minimum Gasteiger partial charge on any atom is -0.496 e. The zero-order valence-electron chi connectivity index (χ0n) is 14.9. The van der Waals surface area contributed by atoms with Crippen molar-refractivity contribution in [3.8, 4) is 5.75 Å². The number of hydrogen-bond donors (Lipinski definition) is 1. The van der Waals surface area contributed by atoms with Crippen LogP contribution in [0.3, 0.4) is 0 Å². The Bertz CT molecular complexity index is 1040. The Morgan fingerprint density at radius 3 is 2.86 bits per heavy atom. The number of nitrogens with zero attached hydrogens (tertiary/aromatic N) is 2. The topological polar surface area (TPSA) is 71.5 Å². The molecule has 0 bridgehead atoms. The molecular formula is C20H16FN3O3S. The molecule has 1 unspecified atom stereocenters. The van der Waals surface area contributed by atoms with E-state index in [4.69, 9.17) is 4.74 Å². The molecular weight excluding hydrogens is 381 g/mol. The molecule has 0 radical (unpaired) electrons. The quantitative estimate of drug-likeness (QED) is 0.714. The van der Waals surface area contributed by atoms with E-state index in [0.717, 1.165) is 5.56 Å². The Balaban J connectivity index is 1.78. The van der Waals surface area contributed by atoms with Crippen molar-refractivity contribution >= 4 is 28.3 Å². The molecule has 2 amide bonds. The largest absolute Gasteiger partial charge is 0.496 e. The summed E-state index contributed by atoms with van der Waals surface area (Å²) in [7, 11) is 1.44. The molecule has 0 spiro atoms. The molecule has 1 aromatic heterocycles. The minimum atomic E-state index is -1.07. The van der Waals surface area contributed by atoms with Crippen LogP contribution in [0.4, 0.5) is 9.52 Å². The summed E-state index contributed by atoms with van der Waals surface area (Å²) < 4.78 is 19.4. The predicted molar refractivity (Wildman–Crippen MR) is 103 cm³/mol. The van der Waals surface area contributed by atoms with Gasteiger partial charge in [-0.15, -0.1) is 11.3 Å². The summed E-state index contributed by atoms with van der Waals surface area (Å²) in [6.07, 6.45) is 1.56. The van der Waals surface area contributed by atoms with E-state index in [1.807, 2.05) is 12.1 Å². The summed E-state index contributed by atoms with van der Waals surface area (Å²) in [5, 5.41) is 4.84. The predicted octanol–water partition coefficient (Wildman–Crippen LogP) is 3.63. The molecule has 0 fully saturated rings. The van der Waals surface area contributed by atoms with Crippen molar-refractivity contribution in [1.29, 1.82) is 0 Å². The SMILES string of the molecule is COc1ccc(F)cc1C(C(=O)Nc1nccs1)N1Cc2ccccc2C1=O. The fourth-order valence-electron chi connectivity index (χ4n) is 3.31. The number of ether oxygens (including phenoxy) is 1. The van der Waals surface area contributed by atoms with Crippen LogP contribution >= 0.6 is 11.3 Å². The zero-order chi connectivity index (χ0) is 19.7. The molecule has 2 heterocycles. The van der Waals surface area contributed by atoms with Crippen LogP contribution in [0.2, 0.25) is 0 Å². The number of amides is 2. The number of methoxy groups -OCH3 is 1. The average Bonchev–Trinajstić information content (AvgIpc) is 3.31. The van der Waals surface area contributed by atoms with Crippen LogP contribution < -0.4 is 10.1 Å². The summed E-state index contributed by atoms with van der Waals surface area (Å²) in [5.41, 5.74) is 1.62. The molecule has 0 saturated heterocycles. The molecule has 1 aliphatic heterocycles. The minimum absolute atomic E-state index is 0.241. The summed E-state index contributed by atoms with van der Waals surface area (Å²) in [6.45, 7) is 0.241. The van der Waals surface area contributed by atoms with Gasteiger partial charge in [0.15, 0.2) is 5.13 Å². The summed E-state index contributed by atoms with van der Waals surface area (Å²) in [4.78, 5) is 31.6. The highest BCUT2D eigenvalue weighted by Crippen LogP contribution is 2.36. The molecule has 6 nitrogen and oxygen atoms in total. The van der Waals surface area contributed by atoms with E-state index in [0.29, 0.717) is 16.4 Å². The number of rotatable bonds is 5. The molecule has 1 aliphatic rings. The van der Waals surface area contributed by atoms with Crippen LogP contribution in [-0.4, -0.2) is 28.8 Å². The van der Waals surface area contributed by atoms with E-state index in [1.54, 1.807) is 23.7 Å². The molecule has 1 N–H and O–H groups in total. The van der Waals surface area contributed by atoms with Crippen molar-refractivity contribution < 1.29 is 18.7 Å². The van der Waals surface area contributed by atoms with Crippen molar-refractivity contribution in [3.05, 3.63) is 76.5 Å². The molecule has 2 aromatic carbocycles. The number of carbonyl (C=O) groups excluding carboxylic acids is 2. The normalized spacial score (nSPS) is 13.9. The highest BCUT2D eigenvalue weighted by Gasteiger charge is 2.39. The maximum absolute atomic E-state index is 14.0. The fourth-order valence-corrected chi connectivity index (χ4v) is 3.85. The fraction of sp³-hybridized carbons (Fsp3) is 0.150. The third-order valence-corrected chi connectivity index (χ3v) is 5.25. The first-order chi connectivity index (χ1) is 13.6. The van der Waals surface area contributed by atoms with Crippen LogP contribution in [0.1, 0.15) is 27.5 Å².